The highest BCUT2D eigenvalue weighted by Crippen LogP contribution is 2.26. The van der Waals surface area contributed by atoms with Gasteiger partial charge in [-0.2, -0.15) is 4.31 Å². The van der Waals surface area contributed by atoms with E-state index in [2.05, 4.69) is 16.0 Å². The van der Waals surface area contributed by atoms with Crippen molar-refractivity contribution in [3.8, 4) is 0 Å². The number of nitrogens with zero attached hydrogens (tertiary/aromatic N) is 1. The molecule has 1 saturated heterocycles. The van der Waals surface area contributed by atoms with Crippen LogP contribution in [-0.4, -0.2) is 60.9 Å². The molecular formula is C25H32N4O6S. The van der Waals surface area contributed by atoms with E-state index in [1.54, 1.807) is 36.4 Å². The number of anilines is 1. The van der Waals surface area contributed by atoms with E-state index in [0.29, 0.717) is 30.6 Å². The van der Waals surface area contributed by atoms with Crippen molar-refractivity contribution in [2.45, 2.75) is 56.5 Å². The summed E-state index contributed by atoms with van der Waals surface area (Å²) in [7, 11) is -3.90. The Labute approximate surface area is 211 Å². The van der Waals surface area contributed by atoms with Gasteiger partial charge in [-0.15, -0.1) is 0 Å². The third-order valence-corrected chi connectivity index (χ3v) is 7.86. The third-order valence-electron chi connectivity index (χ3n) is 5.94. The van der Waals surface area contributed by atoms with E-state index in [4.69, 9.17) is 0 Å². The van der Waals surface area contributed by atoms with E-state index < -0.39 is 34.0 Å². The number of nitrogens with one attached hydrogen (secondary N) is 3. The molecule has 3 amide bonds. The number of carboxylic acid groups (broad SMARTS) is 1. The van der Waals surface area contributed by atoms with Gasteiger partial charge in [0.1, 0.15) is 12.1 Å². The highest BCUT2D eigenvalue weighted by Gasteiger charge is 2.40. The van der Waals surface area contributed by atoms with Gasteiger partial charge >= 0.3 is 12.0 Å². The van der Waals surface area contributed by atoms with Crippen molar-refractivity contribution in [2.75, 3.05) is 18.4 Å². The molecule has 0 spiro atoms. The smallest absolute Gasteiger partial charge is 0.326 e. The Morgan fingerprint density at radius 2 is 1.75 bits per heavy atom. The van der Waals surface area contributed by atoms with Crippen LogP contribution in [0.15, 0.2) is 53.4 Å². The molecule has 2 aromatic rings. The fraction of sp³-hybridized carbons (Fsp3) is 0.400. The number of benzene rings is 2. The number of hydrogen-bond donors (Lipinski definition) is 4. The monoisotopic (exact) mass is 516 g/mol. The summed E-state index contributed by atoms with van der Waals surface area (Å²) in [6.45, 7) is 4.53. The average Bonchev–Trinajstić information content (AvgIpc) is 3.35. The van der Waals surface area contributed by atoms with Gasteiger partial charge in [-0.1, -0.05) is 36.8 Å². The lowest BCUT2D eigenvalue weighted by atomic mass is 10.0. The van der Waals surface area contributed by atoms with E-state index in [9.17, 15) is 27.9 Å². The van der Waals surface area contributed by atoms with Crippen LogP contribution in [0.2, 0.25) is 0 Å². The molecule has 11 heteroatoms. The van der Waals surface area contributed by atoms with E-state index in [-0.39, 0.29) is 23.9 Å². The molecule has 2 atom stereocenters. The summed E-state index contributed by atoms with van der Waals surface area (Å²) >= 11 is 0. The number of sulfonamides is 1. The highest BCUT2D eigenvalue weighted by molar-refractivity contribution is 7.89. The van der Waals surface area contributed by atoms with Crippen LogP contribution in [0.4, 0.5) is 10.5 Å². The SMILES string of the molecule is CCCNC(=O)Nc1ccc(C[C@H](NC(=O)[C@@H]2CCCN2S(=O)(=O)c2ccc(C)cc2)C(=O)O)cc1. The van der Waals surface area contributed by atoms with Crippen molar-refractivity contribution < 1.29 is 27.9 Å². The van der Waals surface area contributed by atoms with Crippen molar-refractivity contribution in [3.05, 3.63) is 59.7 Å². The van der Waals surface area contributed by atoms with Crippen LogP contribution < -0.4 is 16.0 Å². The number of carboxylic acids is 1. The molecule has 1 fully saturated rings. The predicted molar refractivity (Wildman–Crippen MR) is 135 cm³/mol. The molecular weight excluding hydrogens is 484 g/mol. The van der Waals surface area contributed by atoms with Gasteiger partial charge in [-0.3, -0.25) is 4.79 Å². The second kappa shape index (κ2) is 12.0. The minimum absolute atomic E-state index is 0.000810. The quantitative estimate of drug-likeness (QED) is 0.382. The van der Waals surface area contributed by atoms with Gasteiger partial charge in [0.15, 0.2) is 0 Å². The Hall–Kier alpha value is -3.44. The lowest BCUT2D eigenvalue weighted by Crippen LogP contribution is -2.51. The van der Waals surface area contributed by atoms with Crippen LogP contribution in [0.3, 0.4) is 0 Å². The zero-order valence-electron chi connectivity index (χ0n) is 20.4. The van der Waals surface area contributed by atoms with Crippen LogP contribution in [0.1, 0.15) is 37.3 Å². The van der Waals surface area contributed by atoms with Crippen molar-refractivity contribution in [1.82, 2.24) is 14.9 Å². The zero-order chi connectivity index (χ0) is 26.3. The Balaban J connectivity index is 1.66. The molecule has 1 heterocycles. The van der Waals surface area contributed by atoms with Gasteiger partial charge in [0.05, 0.1) is 4.90 Å². The van der Waals surface area contributed by atoms with Crippen molar-refractivity contribution in [1.29, 1.82) is 0 Å². The molecule has 0 saturated carbocycles. The van der Waals surface area contributed by atoms with Gasteiger partial charge in [0.2, 0.25) is 15.9 Å². The van der Waals surface area contributed by atoms with Crippen LogP contribution in [-0.2, 0) is 26.0 Å². The Morgan fingerprint density at radius 3 is 2.36 bits per heavy atom. The van der Waals surface area contributed by atoms with Crippen LogP contribution >= 0.6 is 0 Å². The topological polar surface area (TPSA) is 145 Å². The molecule has 194 valence electrons. The first-order chi connectivity index (χ1) is 17.1. The van der Waals surface area contributed by atoms with E-state index in [0.717, 1.165) is 16.3 Å². The normalized spacial score (nSPS) is 16.8. The average molecular weight is 517 g/mol. The van der Waals surface area contributed by atoms with E-state index >= 15 is 0 Å². The lowest BCUT2D eigenvalue weighted by Gasteiger charge is -2.25. The molecule has 0 radical (unpaired) electrons. The number of aliphatic carboxylic acids is 1. The van der Waals surface area contributed by atoms with Crippen LogP contribution in [0, 0.1) is 6.92 Å². The molecule has 0 unspecified atom stereocenters. The maximum absolute atomic E-state index is 13.1. The molecule has 1 aliphatic rings. The number of amides is 3. The Bertz CT molecular complexity index is 1180. The summed E-state index contributed by atoms with van der Waals surface area (Å²) in [4.78, 5) is 36.8. The van der Waals surface area contributed by atoms with Crippen molar-refractivity contribution in [2.24, 2.45) is 0 Å². The van der Waals surface area contributed by atoms with Crippen molar-refractivity contribution >= 4 is 33.6 Å². The Morgan fingerprint density at radius 1 is 1.08 bits per heavy atom. The first kappa shape index (κ1) is 27.2. The number of carbonyl (C=O) groups is 3. The second-order valence-electron chi connectivity index (χ2n) is 8.77. The molecule has 4 N–H and O–H groups in total. The molecule has 3 rings (SSSR count). The first-order valence-electron chi connectivity index (χ1n) is 11.9. The standard InChI is InChI=1S/C25H32N4O6S/c1-3-14-26-25(33)27-19-10-8-18(9-11-19)16-21(24(31)32)28-23(30)22-5-4-15-29(22)36(34,35)20-12-6-17(2)7-13-20/h6-13,21-22H,3-5,14-16H2,1-2H3,(H,28,30)(H,31,32)(H2,26,27,33)/t21-,22-/m0/s1. The lowest BCUT2D eigenvalue weighted by molar-refractivity contribution is -0.142. The van der Waals surface area contributed by atoms with Gasteiger partial charge < -0.3 is 21.1 Å². The van der Waals surface area contributed by atoms with Crippen LogP contribution in [0.5, 0.6) is 0 Å². The fourth-order valence-electron chi connectivity index (χ4n) is 3.98. The summed E-state index contributed by atoms with van der Waals surface area (Å²) in [5.74, 6) is -1.86. The molecule has 10 nitrogen and oxygen atoms in total. The molecule has 1 aliphatic heterocycles. The number of hydrogen-bond acceptors (Lipinski definition) is 5. The highest BCUT2D eigenvalue weighted by atomic mass is 32.2. The van der Waals surface area contributed by atoms with Gasteiger partial charge in [-0.25, -0.2) is 18.0 Å². The van der Waals surface area contributed by atoms with Gasteiger partial charge in [0.25, 0.3) is 0 Å². The van der Waals surface area contributed by atoms with E-state index in [1.807, 2.05) is 13.8 Å². The molecule has 0 aromatic heterocycles. The second-order valence-corrected chi connectivity index (χ2v) is 10.7. The van der Waals surface area contributed by atoms with Crippen LogP contribution in [0.25, 0.3) is 0 Å². The largest absolute Gasteiger partial charge is 0.480 e. The number of aryl methyl sites for hydroxylation is 1. The fourth-order valence-corrected chi connectivity index (χ4v) is 5.63. The summed E-state index contributed by atoms with van der Waals surface area (Å²) in [6.07, 6.45) is 1.62. The zero-order valence-corrected chi connectivity index (χ0v) is 21.2. The maximum Gasteiger partial charge on any atom is 0.326 e. The van der Waals surface area contributed by atoms with E-state index in [1.165, 1.54) is 12.1 Å². The third kappa shape index (κ3) is 6.82. The minimum Gasteiger partial charge on any atom is -0.480 e. The number of urea groups is 1. The van der Waals surface area contributed by atoms with Gasteiger partial charge in [0, 0.05) is 25.2 Å². The van der Waals surface area contributed by atoms with Crippen molar-refractivity contribution in [3.63, 3.8) is 0 Å². The predicted octanol–water partition coefficient (Wildman–Crippen LogP) is 2.49. The summed E-state index contributed by atoms with van der Waals surface area (Å²) in [5.41, 5.74) is 2.10. The molecule has 36 heavy (non-hydrogen) atoms. The maximum atomic E-state index is 13.1. The first-order valence-corrected chi connectivity index (χ1v) is 13.3. The summed E-state index contributed by atoms with van der Waals surface area (Å²) in [6, 6.07) is 10.5. The molecule has 0 aliphatic carbocycles. The van der Waals surface area contributed by atoms with Gasteiger partial charge in [-0.05, 0) is 56.0 Å². The summed E-state index contributed by atoms with van der Waals surface area (Å²) in [5, 5.41) is 17.6. The summed E-state index contributed by atoms with van der Waals surface area (Å²) < 4.78 is 27.4. The molecule has 2 aromatic carbocycles. The Kier molecular flexibility index (Phi) is 9.05. The number of rotatable bonds is 10. The minimum atomic E-state index is -3.90. The number of carbonyl (C=O) groups excluding carboxylic acids is 2. The molecule has 0 bridgehead atoms.